The quantitative estimate of drug-likeness (QED) is 0.814. The van der Waals surface area contributed by atoms with Crippen LogP contribution in [0.3, 0.4) is 0 Å². The van der Waals surface area contributed by atoms with E-state index in [0.29, 0.717) is 25.4 Å². The van der Waals surface area contributed by atoms with Gasteiger partial charge >= 0.3 is 0 Å². The molecule has 0 aromatic heterocycles. The Balaban J connectivity index is 0.00000242. The van der Waals surface area contributed by atoms with E-state index < -0.39 is 0 Å². The van der Waals surface area contributed by atoms with Crippen molar-refractivity contribution in [2.75, 3.05) is 31.1 Å². The van der Waals surface area contributed by atoms with Crippen molar-refractivity contribution in [3.8, 4) is 5.75 Å². The standard InChI is InChI=1S/C15H21N3O3.ClH/c1-11(8-16)9-17-14(19)6-7-18-12-4-2-3-5-13(12)21-10-15(18)20;/h2-5,11H,6-10,16H2,1H3,(H,17,19);1H. The van der Waals surface area contributed by atoms with Crippen molar-refractivity contribution >= 4 is 29.9 Å². The van der Waals surface area contributed by atoms with Crippen LogP contribution < -0.4 is 20.7 Å². The topological polar surface area (TPSA) is 84.7 Å². The Bertz CT molecular complexity index is 525. The number of nitrogens with one attached hydrogen (secondary N) is 1. The number of rotatable bonds is 6. The second-order valence-corrected chi connectivity index (χ2v) is 5.20. The van der Waals surface area contributed by atoms with Gasteiger partial charge in [-0.05, 0) is 24.6 Å². The summed E-state index contributed by atoms with van der Waals surface area (Å²) in [6.45, 7) is 3.44. The summed E-state index contributed by atoms with van der Waals surface area (Å²) >= 11 is 0. The molecule has 0 fully saturated rings. The molecular weight excluding hydrogens is 306 g/mol. The predicted octanol–water partition coefficient (Wildman–Crippen LogP) is 0.935. The normalized spacial score (nSPS) is 14.5. The van der Waals surface area contributed by atoms with Gasteiger partial charge in [0.15, 0.2) is 6.61 Å². The number of hydrogen-bond donors (Lipinski definition) is 2. The Morgan fingerprint density at radius 2 is 2.18 bits per heavy atom. The molecule has 1 heterocycles. The number of hydrogen-bond acceptors (Lipinski definition) is 4. The number of amides is 2. The van der Waals surface area contributed by atoms with Gasteiger partial charge in [0.2, 0.25) is 5.91 Å². The van der Waals surface area contributed by atoms with E-state index in [1.807, 2.05) is 31.2 Å². The largest absolute Gasteiger partial charge is 0.482 e. The number of anilines is 1. The minimum Gasteiger partial charge on any atom is -0.482 e. The maximum absolute atomic E-state index is 11.9. The molecule has 0 saturated carbocycles. The van der Waals surface area contributed by atoms with Crippen molar-refractivity contribution in [1.29, 1.82) is 0 Å². The molecule has 1 aliphatic heterocycles. The fourth-order valence-electron chi connectivity index (χ4n) is 2.07. The molecule has 1 aromatic carbocycles. The summed E-state index contributed by atoms with van der Waals surface area (Å²) in [6.07, 6.45) is 0.261. The van der Waals surface area contributed by atoms with Crippen LogP contribution in [0.1, 0.15) is 13.3 Å². The molecular formula is C15H22ClN3O3. The zero-order valence-corrected chi connectivity index (χ0v) is 13.4. The summed E-state index contributed by atoms with van der Waals surface area (Å²) in [5.41, 5.74) is 6.22. The lowest BCUT2D eigenvalue weighted by Crippen LogP contribution is -2.41. The second-order valence-electron chi connectivity index (χ2n) is 5.20. The maximum Gasteiger partial charge on any atom is 0.265 e. The molecule has 122 valence electrons. The molecule has 1 aliphatic rings. The summed E-state index contributed by atoms with van der Waals surface area (Å²) in [7, 11) is 0. The molecule has 1 atom stereocenters. The Morgan fingerprint density at radius 1 is 1.45 bits per heavy atom. The molecule has 0 spiro atoms. The zero-order chi connectivity index (χ0) is 15.2. The SMILES string of the molecule is CC(CN)CNC(=O)CCN1C(=O)COc2ccccc21.Cl. The molecule has 6 nitrogen and oxygen atoms in total. The molecule has 1 unspecified atom stereocenters. The van der Waals surface area contributed by atoms with Gasteiger partial charge in [-0.1, -0.05) is 19.1 Å². The first-order valence-corrected chi connectivity index (χ1v) is 7.10. The minimum absolute atomic E-state index is 0. The number of para-hydroxylation sites is 2. The van der Waals surface area contributed by atoms with Gasteiger partial charge in [0, 0.05) is 19.5 Å². The molecule has 0 radical (unpaired) electrons. The lowest BCUT2D eigenvalue weighted by molar-refractivity contribution is -0.122. The van der Waals surface area contributed by atoms with Crippen molar-refractivity contribution < 1.29 is 14.3 Å². The predicted molar refractivity (Wildman–Crippen MR) is 87.4 cm³/mol. The smallest absolute Gasteiger partial charge is 0.265 e. The van der Waals surface area contributed by atoms with Crippen LogP contribution in [0.25, 0.3) is 0 Å². The van der Waals surface area contributed by atoms with Crippen LogP contribution in [0, 0.1) is 5.92 Å². The van der Waals surface area contributed by atoms with E-state index in [-0.39, 0.29) is 43.2 Å². The van der Waals surface area contributed by atoms with Crippen molar-refractivity contribution in [2.24, 2.45) is 11.7 Å². The van der Waals surface area contributed by atoms with Crippen molar-refractivity contribution in [3.05, 3.63) is 24.3 Å². The fraction of sp³-hybridized carbons (Fsp3) is 0.467. The number of nitrogens with zero attached hydrogens (tertiary/aromatic N) is 1. The Hall–Kier alpha value is -1.79. The summed E-state index contributed by atoms with van der Waals surface area (Å²) in [5.74, 6) is 0.720. The summed E-state index contributed by atoms with van der Waals surface area (Å²) in [4.78, 5) is 25.3. The Morgan fingerprint density at radius 3 is 2.91 bits per heavy atom. The second kappa shape index (κ2) is 8.60. The molecule has 0 bridgehead atoms. The molecule has 3 N–H and O–H groups in total. The first-order chi connectivity index (χ1) is 10.1. The van der Waals surface area contributed by atoms with Gasteiger partial charge < -0.3 is 20.7 Å². The van der Waals surface area contributed by atoms with E-state index in [1.165, 1.54) is 0 Å². The fourth-order valence-corrected chi connectivity index (χ4v) is 2.07. The van der Waals surface area contributed by atoms with Gasteiger partial charge in [0.25, 0.3) is 5.91 Å². The van der Waals surface area contributed by atoms with Crippen LogP contribution in [0.2, 0.25) is 0 Å². The van der Waals surface area contributed by atoms with Gasteiger partial charge in [0.1, 0.15) is 5.75 Å². The van der Waals surface area contributed by atoms with E-state index in [2.05, 4.69) is 5.32 Å². The lowest BCUT2D eigenvalue weighted by atomic mass is 10.2. The first kappa shape index (κ1) is 18.3. The van der Waals surface area contributed by atoms with Crippen molar-refractivity contribution in [3.63, 3.8) is 0 Å². The molecule has 7 heteroatoms. The number of nitrogens with two attached hydrogens (primary N) is 1. The summed E-state index contributed by atoms with van der Waals surface area (Å²) in [6, 6.07) is 7.34. The average molecular weight is 328 g/mol. The zero-order valence-electron chi connectivity index (χ0n) is 12.6. The highest BCUT2D eigenvalue weighted by Crippen LogP contribution is 2.31. The highest BCUT2D eigenvalue weighted by atomic mass is 35.5. The van der Waals surface area contributed by atoms with Gasteiger partial charge in [0.05, 0.1) is 5.69 Å². The van der Waals surface area contributed by atoms with E-state index in [1.54, 1.807) is 4.90 Å². The monoisotopic (exact) mass is 327 g/mol. The van der Waals surface area contributed by atoms with Crippen LogP contribution in [0.15, 0.2) is 24.3 Å². The van der Waals surface area contributed by atoms with E-state index in [9.17, 15) is 9.59 Å². The maximum atomic E-state index is 11.9. The van der Waals surface area contributed by atoms with Crippen LogP contribution in [-0.4, -0.2) is 38.1 Å². The third kappa shape index (κ3) is 4.61. The van der Waals surface area contributed by atoms with Crippen molar-refractivity contribution in [1.82, 2.24) is 5.32 Å². The van der Waals surface area contributed by atoms with Gasteiger partial charge in [-0.3, -0.25) is 9.59 Å². The molecule has 0 saturated heterocycles. The van der Waals surface area contributed by atoms with E-state index in [0.717, 1.165) is 5.69 Å². The van der Waals surface area contributed by atoms with E-state index >= 15 is 0 Å². The number of ether oxygens (including phenoxy) is 1. The number of carbonyl (C=O) groups is 2. The Kier molecular flexibility index (Phi) is 7.14. The molecule has 2 rings (SSSR count). The molecule has 1 aromatic rings. The highest BCUT2D eigenvalue weighted by Gasteiger charge is 2.25. The number of benzene rings is 1. The Labute approximate surface area is 136 Å². The molecule has 0 aliphatic carbocycles. The van der Waals surface area contributed by atoms with Crippen molar-refractivity contribution in [2.45, 2.75) is 13.3 Å². The summed E-state index contributed by atoms with van der Waals surface area (Å²) in [5, 5.41) is 2.82. The minimum atomic E-state index is -0.128. The average Bonchev–Trinajstić information content (AvgIpc) is 2.51. The summed E-state index contributed by atoms with van der Waals surface area (Å²) < 4.78 is 5.36. The number of carbonyl (C=O) groups excluding carboxylic acids is 2. The third-order valence-corrected chi connectivity index (χ3v) is 3.42. The van der Waals surface area contributed by atoms with E-state index in [4.69, 9.17) is 10.5 Å². The number of fused-ring (bicyclic) bond motifs is 1. The van der Waals surface area contributed by atoms with Gasteiger partial charge in [-0.2, -0.15) is 0 Å². The van der Waals surface area contributed by atoms with Crippen LogP contribution >= 0.6 is 12.4 Å². The highest BCUT2D eigenvalue weighted by molar-refractivity contribution is 5.98. The third-order valence-electron chi connectivity index (χ3n) is 3.42. The molecule has 22 heavy (non-hydrogen) atoms. The van der Waals surface area contributed by atoms with Gasteiger partial charge in [-0.25, -0.2) is 0 Å². The van der Waals surface area contributed by atoms with Crippen LogP contribution in [0.4, 0.5) is 5.69 Å². The number of halogens is 1. The van der Waals surface area contributed by atoms with Gasteiger partial charge in [-0.15, -0.1) is 12.4 Å². The van der Waals surface area contributed by atoms with Crippen LogP contribution in [0.5, 0.6) is 5.75 Å². The van der Waals surface area contributed by atoms with Crippen LogP contribution in [-0.2, 0) is 9.59 Å². The first-order valence-electron chi connectivity index (χ1n) is 7.10. The molecule has 2 amide bonds. The lowest BCUT2D eigenvalue weighted by Gasteiger charge is -2.29.